The minimum absolute atomic E-state index is 0.0236. The summed E-state index contributed by atoms with van der Waals surface area (Å²) in [7, 11) is 6.64. The van der Waals surface area contributed by atoms with Gasteiger partial charge in [0.1, 0.15) is 39.6 Å². The average Bonchev–Trinajstić information content (AvgIpc) is 3.42. The zero-order valence-corrected chi connectivity index (χ0v) is 49.7. The SMILES string of the molecule is COC(=O)COC12CC3CC(CC(COC(C)=O)(C3)C1)C2.COC(=O)COC1C2CC3CC1CC(COC(C)=O)(C3)C2.COC(=O)COC1CCC(COC(C)=O)CC1.COC(=O)COCCOC(C)=O.COC(=O)COCOC(C)=O. The van der Waals surface area contributed by atoms with E-state index < -0.39 is 17.9 Å². The van der Waals surface area contributed by atoms with Gasteiger partial charge in [-0.3, -0.25) is 24.0 Å². The van der Waals surface area contributed by atoms with Gasteiger partial charge in [0.05, 0.1) is 79.8 Å². The van der Waals surface area contributed by atoms with E-state index >= 15 is 0 Å². The Morgan fingerprint density at radius 2 is 0.866 bits per heavy atom. The van der Waals surface area contributed by atoms with Gasteiger partial charge in [0.15, 0.2) is 6.79 Å². The number of carbonyl (C=O) groups excluding carboxylic acids is 10. The summed E-state index contributed by atoms with van der Waals surface area (Å²) in [6.45, 7) is 8.39. The Balaban J connectivity index is 0.000000276. The molecule has 9 fully saturated rings. The van der Waals surface area contributed by atoms with Crippen molar-refractivity contribution in [2.75, 3.05) is 108 Å². The normalized spacial score (nSPS) is 28.1. The van der Waals surface area contributed by atoms with Gasteiger partial charge in [0.25, 0.3) is 0 Å². The second-order valence-corrected chi connectivity index (χ2v) is 22.4. The summed E-state index contributed by atoms with van der Waals surface area (Å²) in [5, 5.41) is 0. The van der Waals surface area contributed by atoms with Crippen LogP contribution in [0.2, 0.25) is 0 Å². The molecule has 9 saturated carbocycles. The zero-order valence-electron chi connectivity index (χ0n) is 49.7. The molecule has 4 unspecified atom stereocenters. The van der Waals surface area contributed by atoms with E-state index in [1.807, 2.05) is 0 Å². The molecule has 0 aromatic rings. The highest BCUT2D eigenvalue weighted by Gasteiger charge is 2.59. The first kappa shape index (κ1) is 70.8. The highest BCUT2D eigenvalue weighted by molar-refractivity contribution is 5.72. The second kappa shape index (κ2) is 36.3. The lowest BCUT2D eigenvalue weighted by Crippen LogP contribution is -2.58. The van der Waals surface area contributed by atoms with Crippen LogP contribution in [0.4, 0.5) is 0 Å². The molecule has 0 aliphatic heterocycles. The molecular weight excluding hydrogens is 1080 g/mol. The molecule has 0 saturated heterocycles. The first-order chi connectivity index (χ1) is 38.9. The van der Waals surface area contributed by atoms with E-state index in [1.165, 1.54) is 95.9 Å². The van der Waals surface area contributed by atoms with Crippen LogP contribution in [0.3, 0.4) is 0 Å². The van der Waals surface area contributed by atoms with Crippen LogP contribution in [0, 0.1) is 46.3 Å². The van der Waals surface area contributed by atoms with Crippen molar-refractivity contribution in [1.29, 1.82) is 0 Å². The Hall–Kier alpha value is -5.50. The number of rotatable bonds is 24. The Kier molecular flexibility index (Phi) is 31.3. The Morgan fingerprint density at radius 3 is 1.37 bits per heavy atom. The number of carbonyl (C=O) groups is 10. The van der Waals surface area contributed by atoms with Crippen molar-refractivity contribution in [3.05, 3.63) is 0 Å². The zero-order chi connectivity index (χ0) is 60.9. The van der Waals surface area contributed by atoms with Crippen molar-refractivity contribution < 1.29 is 119 Å². The summed E-state index contributed by atoms with van der Waals surface area (Å²) in [5.74, 6) is 0.0695. The molecule has 0 N–H and O–H groups in total. The number of hydrogen-bond donors (Lipinski definition) is 0. The summed E-state index contributed by atoms with van der Waals surface area (Å²) >= 11 is 0. The molecular formula is C57H90O25. The Labute approximate surface area is 480 Å². The fourth-order valence-corrected chi connectivity index (χ4v) is 13.0. The third kappa shape index (κ3) is 26.4. The van der Waals surface area contributed by atoms with Gasteiger partial charge in [-0.15, -0.1) is 0 Å². The largest absolute Gasteiger partial charge is 0.467 e. The van der Waals surface area contributed by atoms with Gasteiger partial charge >= 0.3 is 59.7 Å². The van der Waals surface area contributed by atoms with E-state index in [0.717, 1.165) is 76.5 Å². The smallest absolute Gasteiger partial charge is 0.331 e. The van der Waals surface area contributed by atoms with Crippen LogP contribution >= 0.6 is 0 Å². The molecule has 0 aromatic heterocycles. The minimum Gasteiger partial charge on any atom is -0.467 e. The van der Waals surface area contributed by atoms with Gasteiger partial charge < -0.3 is 71.1 Å². The van der Waals surface area contributed by atoms with Crippen LogP contribution in [0.15, 0.2) is 0 Å². The lowest BCUT2D eigenvalue weighted by molar-refractivity contribution is -0.210. The molecule has 0 radical (unpaired) electrons. The van der Waals surface area contributed by atoms with E-state index in [0.29, 0.717) is 49.4 Å². The highest BCUT2D eigenvalue weighted by atomic mass is 16.7. The summed E-state index contributed by atoms with van der Waals surface area (Å²) < 4.78 is 73.6. The first-order valence-corrected chi connectivity index (χ1v) is 27.9. The number of ether oxygens (including phenoxy) is 15. The Morgan fingerprint density at radius 1 is 0.415 bits per heavy atom. The van der Waals surface area contributed by atoms with E-state index in [-0.39, 0.29) is 123 Å². The Bertz CT molecular complexity index is 2040. The van der Waals surface area contributed by atoms with Gasteiger partial charge in [-0.2, -0.15) is 0 Å². The molecule has 468 valence electrons. The van der Waals surface area contributed by atoms with E-state index in [9.17, 15) is 47.9 Å². The van der Waals surface area contributed by atoms with E-state index in [1.54, 1.807) is 0 Å². The lowest BCUT2D eigenvalue weighted by atomic mass is 9.48. The summed E-state index contributed by atoms with van der Waals surface area (Å²) in [5.41, 5.74) is 0.0115. The predicted molar refractivity (Wildman–Crippen MR) is 283 cm³/mol. The van der Waals surface area contributed by atoms with Crippen LogP contribution in [-0.4, -0.2) is 186 Å². The minimum atomic E-state index is -0.503. The molecule has 9 rings (SSSR count). The van der Waals surface area contributed by atoms with Gasteiger partial charge in [-0.1, -0.05) is 0 Å². The van der Waals surface area contributed by atoms with Crippen molar-refractivity contribution >= 4 is 59.7 Å². The molecule has 0 spiro atoms. The van der Waals surface area contributed by atoms with Crippen LogP contribution in [-0.2, 0) is 119 Å². The van der Waals surface area contributed by atoms with Crippen molar-refractivity contribution in [3.63, 3.8) is 0 Å². The molecule has 25 heteroatoms. The van der Waals surface area contributed by atoms with Gasteiger partial charge in [0, 0.05) is 45.4 Å². The number of methoxy groups -OCH3 is 5. The third-order valence-corrected chi connectivity index (χ3v) is 15.7. The van der Waals surface area contributed by atoms with Crippen molar-refractivity contribution in [2.45, 2.75) is 149 Å². The molecule has 0 heterocycles. The second-order valence-electron chi connectivity index (χ2n) is 22.4. The maximum Gasteiger partial charge on any atom is 0.331 e. The fraction of sp³-hybridized carbons (Fsp3) is 0.825. The summed E-state index contributed by atoms with van der Waals surface area (Å²) in [4.78, 5) is 108. The van der Waals surface area contributed by atoms with Gasteiger partial charge in [-0.25, -0.2) is 24.0 Å². The number of esters is 10. The van der Waals surface area contributed by atoms with Gasteiger partial charge in [0.2, 0.25) is 0 Å². The molecule has 9 aliphatic carbocycles. The molecule has 0 aromatic carbocycles. The molecule has 9 aliphatic rings. The molecule has 0 amide bonds. The molecule has 8 bridgehead atoms. The maximum atomic E-state index is 11.4. The van der Waals surface area contributed by atoms with E-state index in [4.69, 9.17) is 33.2 Å². The molecule has 25 nitrogen and oxygen atoms in total. The van der Waals surface area contributed by atoms with Crippen molar-refractivity contribution in [3.8, 4) is 0 Å². The van der Waals surface area contributed by atoms with Crippen LogP contribution in [0.5, 0.6) is 0 Å². The van der Waals surface area contributed by atoms with Crippen molar-refractivity contribution in [1.82, 2.24) is 0 Å². The average molecular weight is 1180 g/mol. The van der Waals surface area contributed by atoms with E-state index in [2.05, 4.69) is 37.9 Å². The standard InChI is InChI=1S/2C16H24O5.C12H20O5.C7H12O5.C6H10O5/c1-11(17)20-10-15-4-12-3-13(5-15)7-16(6-12,9-15)21-8-14(18)19-2;1-10(17)21-9-16-5-11-3-12(6-16)15(13(4-11)7-16)20-8-14(18)19-2;1-9(13)16-7-10-3-5-11(6-4-10)17-8-12(14)15-2;1-6(8)12-4-3-11-5-7(9)10-2;1-5(7)11-4-10-3-6(8)9-2/h12-13H,3-10H2,1-2H3;11-13,15H,3-9H2,1-2H3;10-11H,3-8H2,1-2H3;3-5H2,1-2H3;3-4H2,1-2H3. The van der Waals surface area contributed by atoms with Crippen LogP contribution < -0.4 is 0 Å². The van der Waals surface area contributed by atoms with Crippen molar-refractivity contribution in [2.24, 2.45) is 46.3 Å². The predicted octanol–water partition coefficient (Wildman–Crippen LogP) is 4.75. The lowest BCUT2D eigenvalue weighted by Gasteiger charge is -2.61. The quantitative estimate of drug-likeness (QED) is 0.0545. The van der Waals surface area contributed by atoms with Crippen LogP contribution in [0.25, 0.3) is 0 Å². The fourth-order valence-electron chi connectivity index (χ4n) is 13.0. The molecule has 4 atom stereocenters. The topological polar surface area (TPSA) is 309 Å². The maximum absolute atomic E-state index is 11.4. The van der Waals surface area contributed by atoms with Crippen LogP contribution in [0.1, 0.15) is 131 Å². The first-order valence-electron chi connectivity index (χ1n) is 27.9. The summed E-state index contributed by atoms with van der Waals surface area (Å²) in [6.07, 6.45) is 16.2. The third-order valence-electron chi connectivity index (χ3n) is 15.7. The summed E-state index contributed by atoms with van der Waals surface area (Å²) in [6, 6.07) is 0. The van der Waals surface area contributed by atoms with Gasteiger partial charge in [-0.05, 0) is 132 Å². The highest BCUT2D eigenvalue weighted by Crippen LogP contribution is 2.63. The monoisotopic (exact) mass is 1170 g/mol. The molecule has 82 heavy (non-hydrogen) atoms. The number of hydrogen-bond acceptors (Lipinski definition) is 25.